The topological polar surface area (TPSA) is 126 Å². The van der Waals surface area contributed by atoms with Gasteiger partial charge in [0, 0.05) is 30.7 Å². The second-order valence-electron chi connectivity index (χ2n) is 6.44. The third-order valence-electron chi connectivity index (χ3n) is 4.27. The van der Waals surface area contributed by atoms with Crippen molar-refractivity contribution in [3.8, 4) is 17.0 Å². The van der Waals surface area contributed by atoms with Crippen LogP contribution in [0.5, 0.6) is 5.75 Å². The first-order valence-electron chi connectivity index (χ1n) is 9.69. The molecular formula is C23H19FN4O5PdS. The Kier molecular flexibility index (Phi) is 10.9. The number of sulfonamides is 1. The van der Waals surface area contributed by atoms with Crippen LogP contribution in [0.4, 0.5) is 14.6 Å². The van der Waals surface area contributed by atoms with Crippen molar-refractivity contribution in [2.75, 3.05) is 7.11 Å². The van der Waals surface area contributed by atoms with Crippen LogP contribution in [0.3, 0.4) is 0 Å². The maximum atomic E-state index is 12.6. The second-order valence-corrected chi connectivity index (χ2v) is 8.04. The second kappa shape index (κ2) is 13.9. The molecule has 0 radical (unpaired) electrons. The zero-order chi connectivity index (χ0) is 25.7. The summed E-state index contributed by atoms with van der Waals surface area (Å²) < 4.78 is 43.7. The minimum atomic E-state index is -4.07. The van der Waals surface area contributed by atoms with Gasteiger partial charge in [0.2, 0.25) is 0 Å². The molecule has 0 atom stereocenters. The molecule has 0 spiro atoms. The number of aromatic nitrogens is 2. The van der Waals surface area contributed by atoms with Crippen molar-refractivity contribution >= 4 is 21.4 Å². The maximum Gasteiger partial charge on any atom is 0.0267 e. The Labute approximate surface area is 213 Å². The monoisotopic (exact) mass is 588 g/mol. The van der Waals surface area contributed by atoms with Crippen molar-refractivity contribution < 1.29 is 41.0 Å². The molecule has 0 aliphatic rings. The zero-order valence-corrected chi connectivity index (χ0v) is 20.5. The van der Waals surface area contributed by atoms with Crippen LogP contribution in [-0.2, 0) is 29.7 Å². The summed E-state index contributed by atoms with van der Waals surface area (Å²) in [4.78, 5) is 18.0. The zero-order valence-electron chi connectivity index (χ0n) is 18.2. The van der Waals surface area contributed by atoms with E-state index in [4.69, 9.17) is 4.74 Å². The Morgan fingerprint density at radius 3 is 2.09 bits per heavy atom. The molecule has 4 rings (SSSR count). The molecule has 0 N–H and O–H groups in total. The number of nitro groups is 1. The normalized spacial score (nSPS) is 10.1. The molecule has 0 unspecified atom stereocenters. The number of benzene rings is 2. The van der Waals surface area contributed by atoms with Gasteiger partial charge in [-0.05, 0) is 54.1 Å². The van der Waals surface area contributed by atoms with Crippen LogP contribution in [0, 0.1) is 10.1 Å². The molecule has 4 aromatic rings. The third-order valence-corrected chi connectivity index (χ3v) is 5.58. The number of methoxy groups -OCH3 is 1. The van der Waals surface area contributed by atoms with Gasteiger partial charge in [-0.25, -0.2) is 8.42 Å². The van der Waals surface area contributed by atoms with Crippen LogP contribution in [0.1, 0.15) is 0 Å². The summed E-state index contributed by atoms with van der Waals surface area (Å²) >= 11 is 1.25. The van der Waals surface area contributed by atoms with E-state index in [1.807, 2.05) is 18.2 Å². The van der Waals surface area contributed by atoms with Crippen molar-refractivity contribution in [3.63, 3.8) is 0 Å². The first-order valence-corrected chi connectivity index (χ1v) is 11.7. The van der Waals surface area contributed by atoms with Crippen molar-refractivity contribution in [2.24, 2.45) is 0 Å². The van der Waals surface area contributed by atoms with Gasteiger partial charge in [0.1, 0.15) is 15.8 Å². The SMILES string of the molecule is COc1ccc([N-]S(=O)(=O)c2ccc([N+](=O)[O-])cc2)c(-c2ccccn2)c1.[F][Pd+].c1ccncc1. The summed E-state index contributed by atoms with van der Waals surface area (Å²) in [7, 11) is -2.57. The third kappa shape index (κ3) is 8.22. The summed E-state index contributed by atoms with van der Waals surface area (Å²) in [5.74, 6) is 0.530. The molecule has 184 valence electrons. The van der Waals surface area contributed by atoms with Crippen LogP contribution in [0.25, 0.3) is 16.0 Å². The number of non-ortho nitro benzene ring substituents is 1. The van der Waals surface area contributed by atoms with E-state index in [2.05, 4.69) is 14.7 Å². The van der Waals surface area contributed by atoms with Crippen LogP contribution in [0.2, 0.25) is 0 Å². The van der Waals surface area contributed by atoms with E-state index in [1.165, 1.54) is 32.9 Å². The largest absolute Gasteiger partial charge is 0.265 e. The molecule has 0 aliphatic carbocycles. The predicted molar refractivity (Wildman–Crippen MR) is 125 cm³/mol. The van der Waals surface area contributed by atoms with Gasteiger partial charge in [0.25, 0.3) is 5.69 Å². The van der Waals surface area contributed by atoms with E-state index < -0.39 is 14.9 Å². The van der Waals surface area contributed by atoms with Crippen molar-refractivity contribution in [1.29, 1.82) is 0 Å². The van der Waals surface area contributed by atoms with Crippen LogP contribution in [0.15, 0.2) is 102 Å². The molecule has 12 heteroatoms. The molecule has 2 heterocycles. The van der Waals surface area contributed by atoms with E-state index in [0.717, 1.165) is 24.3 Å². The van der Waals surface area contributed by atoms with Crippen molar-refractivity contribution in [2.45, 2.75) is 4.90 Å². The predicted octanol–water partition coefficient (Wildman–Crippen LogP) is 5.56. The fraction of sp³-hybridized carbons (Fsp3) is 0.0435. The van der Waals surface area contributed by atoms with Crippen molar-refractivity contribution in [3.05, 3.63) is 112 Å². The van der Waals surface area contributed by atoms with Gasteiger partial charge in [-0.15, -0.1) is 5.69 Å². The van der Waals surface area contributed by atoms with Crippen LogP contribution >= 0.6 is 0 Å². The Morgan fingerprint density at radius 1 is 0.943 bits per heavy atom. The Hall–Kier alpha value is -3.72. The number of rotatable bonds is 6. The summed E-state index contributed by atoms with van der Waals surface area (Å²) in [6.45, 7) is 0. The van der Waals surface area contributed by atoms with Crippen LogP contribution < -0.4 is 4.74 Å². The number of hydrogen-bond donors (Lipinski definition) is 0. The number of halogens is 1. The Bertz CT molecular complexity index is 1290. The van der Waals surface area contributed by atoms with Gasteiger partial charge in [-0.2, -0.15) is 0 Å². The number of nitro benzene ring substituents is 1. The fourth-order valence-electron chi connectivity index (χ4n) is 2.68. The van der Waals surface area contributed by atoms with Crippen molar-refractivity contribution in [1.82, 2.24) is 9.97 Å². The van der Waals surface area contributed by atoms with E-state index in [-0.39, 0.29) is 16.3 Å². The number of ether oxygens (including phenoxy) is 1. The maximum absolute atomic E-state index is 12.6. The van der Waals surface area contributed by atoms with Gasteiger partial charge in [0.15, 0.2) is 0 Å². The average Bonchev–Trinajstić information content (AvgIpc) is 2.92. The Morgan fingerprint density at radius 2 is 1.60 bits per heavy atom. The first-order chi connectivity index (χ1) is 16.9. The molecule has 0 saturated carbocycles. The number of pyridine rings is 2. The molecule has 2 aromatic heterocycles. The minimum absolute atomic E-state index is 0.143. The quantitative estimate of drug-likeness (QED) is 0.164. The first kappa shape index (κ1) is 27.5. The molecule has 35 heavy (non-hydrogen) atoms. The van der Waals surface area contributed by atoms with E-state index in [1.54, 1.807) is 48.9 Å². The molecular weight excluding hydrogens is 570 g/mol. The van der Waals surface area contributed by atoms with E-state index >= 15 is 0 Å². The smallest absolute Gasteiger partial charge is 0.0267 e. The summed E-state index contributed by atoms with van der Waals surface area (Å²) in [5, 5.41) is 10.7. The van der Waals surface area contributed by atoms with Gasteiger partial charge < -0.3 is 9.46 Å². The molecule has 0 amide bonds. The Balaban J connectivity index is 0.000000463. The molecule has 0 saturated heterocycles. The van der Waals surface area contributed by atoms with E-state index in [0.29, 0.717) is 17.0 Å². The summed E-state index contributed by atoms with van der Waals surface area (Å²) in [6.07, 6.45) is 5.09. The standard InChI is InChI=1S/C18H14N3O5S.C5H5N.FH.Pd/c1-26-14-7-10-18(16(12-14)17-4-2-3-11-19-17)20-27(24,25)15-8-5-13(6-9-15)21(22)23;1-2-4-6-5-3-1;;/h2-12H,1H3;1-5H;1H;/q-1;;;+2/p-1. The summed E-state index contributed by atoms with van der Waals surface area (Å²) in [5.41, 5.74) is 1.01. The number of nitrogens with zero attached hydrogens (tertiary/aromatic N) is 4. The average molecular weight is 589 g/mol. The van der Waals surface area contributed by atoms with Gasteiger partial charge in [-0.1, -0.05) is 18.2 Å². The molecule has 0 bridgehead atoms. The van der Waals surface area contributed by atoms with E-state index in [9.17, 15) is 21.8 Å². The van der Waals surface area contributed by atoms with Gasteiger partial charge in [-0.3, -0.25) is 20.1 Å². The molecule has 9 nitrogen and oxygen atoms in total. The van der Waals surface area contributed by atoms with Crippen LogP contribution in [-0.4, -0.2) is 30.4 Å². The molecule has 0 fully saturated rings. The minimum Gasteiger partial charge on any atom is -0.265 e. The summed E-state index contributed by atoms with van der Waals surface area (Å²) in [6, 6.07) is 20.3. The van der Waals surface area contributed by atoms with Gasteiger partial charge >= 0.3 is 22.9 Å². The number of hydrogen-bond acceptors (Lipinski definition) is 7. The molecule has 0 aliphatic heterocycles. The molecule has 2 aromatic carbocycles. The van der Waals surface area contributed by atoms with Gasteiger partial charge in [0.05, 0.1) is 22.6 Å². The fourth-order valence-corrected chi connectivity index (χ4v) is 3.69.